The lowest BCUT2D eigenvalue weighted by molar-refractivity contribution is -0.138. The number of rotatable bonds is 4. The number of amides is 1. The fourth-order valence-corrected chi connectivity index (χ4v) is 1.37. The van der Waals surface area contributed by atoms with Crippen molar-refractivity contribution in [1.29, 1.82) is 0 Å². The Hall–Kier alpha value is -0.570. The molecule has 1 rings (SSSR count). The Morgan fingerprint density at radius 1 is 1.54 bits per heavy atom. The summed E-state index contributed by atoms with van der Waals surface area (Å²) in [5.74, 6) is 0.921. The molecule has 13 heavy (non-hydrogen) atoms. The zero-order valence-electron chi connectivity index (χ0n) is 8.84. The van der Waals surface area contributed by atoms with Crippen LogP contribution in [-0.4, -0.2) is 30.9 Å². The van der Waals surface area contributed by atoms with E-state index < -0.39 is 5.41 Å². The zero-order chi connectivity index (χ0) is 10.1. The molecule has 3 heteroatoms. The van der Waals surface area contributed by atoms with Gasteiger partial charge in [0.05, 0.1) is 5.41 Å². The normalized spacial score (nSPS) is 17.2. The molecule has 0 unspecified atom stereocenters. The number of nitrogens with zero attached hydrogens (tertiary/aromatic N) is 1. The van der Waals surface area contributed by atoms with Crippen molar-refractivity contribution in [1.82, 2.24) is 4.90 Å². The van der Waals surface area contributed by atoms with Gasteiger partial charge in [-0.25, -0.2) is 0 Å². The van der Waals surface area contributed by atoms with E-state index in [2.05, 4.69) is 0 Å². The maximum Gasteiger partial charge on any atom is 0.229 e. The first-order valence-electron chi connectivity index (χ1n) is 4.93. The van der Waals surface area contributed by atoms with Crippen molar-refractivity contribution in [3.63, 3.8) is 0 Å². The van der Waals surface area contributed by atoms with E-state index in [9.17, 15) is 4.79 Å². The molecule has 76 valence electrons. The maximum absolute atomic E-state index is 11.8. The second-order valence-corrected chi connectivity index (χ2v) is 4.72. The predicted molar refractivity (Wildman–Crippen MR) is 53.2 cm³/mol. The molecule has 1 fully saturated rings. The summed E-state index contributed by atoms with van der Waals surface area (Å²) in [5, 5.41) is 0. The Balaban J connectivity index is 2.44. The monoisotopic (exact) mass is 184 g/mol. The van der Waals surface area contributed by atoms with Gasteiger partial charge in [0.1, 0.15) is 0 Å². The van der Waals surface area contributed by atoms with Crippen LogP contribution < -0.4 is 5.73 Å². The van der Waals surface area contributed by atoms with Crippen LogP contribution in [0.25, 0.3) is 0 Å². The van der Waals surface area contributed by atoms with Gasteiger partial charge in [-0.3, -0.25) is 4.79 Å². The van der Waals surface area contributed by atoms with Crippen molar-refractivity contribution in [2.45, 2.75) is 26.7 Å². The minimum absolute atomic E-state index is 0.168. The van der Waals surface area contributed by atoms with Gasteiger partial charge in [0.15, 0.2) is 0 Å². The topological polar surface area (TPSA) is 46.3 Å². The molecule has 0 bridgehead atoms. The highest BCUT2D eigenvalue weighted by Crippen LogP contribution is 2.30. The van der Waals surface area contributed by atoms with Crippen LogP contribution >= 0.6 is 0 Å². The average molecular weight is 184 g/mol. The summed E-state index contributed by atoms with van der Waals surface area (Å²) in [4.78, 5) is 13.6. The zero-order valence-corrected chi connectivity index (χ0v) is 8.84. The highest BCUT2D eigenvalue weighted by molar-refractivity contribution is 5.82. The van der Waals surface area contributed by atoms with E-state index in [-0.39, 0.29) is 5.91 Å². The third-order valence-corrected chi connectivity index (χ3v) is 2.66. The smallest absolute Gasteiger partial charge is 0.229 e. The lowest BCUT2D eigenvalue weighted by Crippen LogP contribution is -2.43. The van der Waals surface area contributed by atoms with Crippen LogP contribution in [0.15, 0.2) is 0 Å². The number of nitrogens with two attached hydrogens (primary N) is 1. The molecule has 0 aliphatic heterocycles. The van der Waals surface area contributed by atoms with Crippen LogP contribution in [0.3, 0.4) is 0 Å². The van der Waals surface area contributed by atoms with Gasteiger partial charge in [-0.15, -0.1) is 0 Å². The molecule has 1 amide bonds. The highest BCUT2D eigenvalue weighted by Gasteiger charge is 2.32. The Bertz CT molecular complexity index is 197. The first-order chi connectivity index (χ1) is 5.97. The minimum atomic E-state index is -0.399. The van der Waals surface area contributed by atoms with Crippen LogP contribution in [0.4, 0.5) is 0 Å². The fraction of sp³-hybridized carbons (Fsp3) is 0.900. The molecule has 2 N–H and O–H groups in total. The Morgan fingerprint density at radius 2 is 2.08 bits per heavy atom. The van der Waals surface area contributed by atoms with Crippen molar-refractivity contribution in [2.24, 2.45) is 17.1 Å². The summed E-state index contributed by atoms with van der Waals surface area (Å²) in [7, 11) is 1.87. The molecule has 0 saturated heterocycles. The number of carbonyl (C=O) groups is 1. The molecule has 0 heterocycles. The van der Waals surface area contributed by atoms with E-state index in [0.29, 0.717) is 6.54 Å². The quantitative estimate of drug-likeness (QED) is 0.703. The van der Waals surface area contributed by atoms with Gasteiger partial charge in [-0.1, -0.05) is 0 Å². The third kappa shape index (κ3) is 2.69. The first kappa shape index (κ1) is 10.5. The number of hydrogen-bond donors (Lipinski definition) is 1. The highest BCUT2D eigenvalue weighted by atomic mass is 16.2. The van der Waals surface area contributed by atoms with E-state index in [1.165, 1.54) is 12.8 Å². The molecule has 0 aromatic heterocycles. The molecule has 0 spiro atoms. The van der Waals surface area contributed by atoms with Crippen LogP contribution in [0.1, 0.15) is 26.7 Å². The summed E-state index contributed by atoms with van der Waals surface area (Å²) in [6, 6.07) is 0. The largest absolute Gasteiger partial charge is 0.345 e. The average Bonchev–Trinajstić information content (AvgIpc) is 2.86. The Labute approximate surface area is 80.3 Å². The second kappa shape index (κ2) is 3.66. The SMILES string of the molecule is CN(CC1CC1)C(=O)C(C)(C)CN. The van der Waals surface area contributed by atoms with Gasteiger partial charge >= 0.3 is 0 Å². The summed E-state index contributed by atoms with van der Waals surface area (Å²) in [6.07, 6.45) is 2.56. The predicted octanol–water partition coefficient (Wildman–Crippen LogP) is 0.840. The molecule has 1 aliphatic carbocycles. The Kier molecular flexibility index (Phi) is 2.96. The second-order valence-electron chi connectivity index (χ2n) is 4.72. The van der Waals surface area contributed by atoms with Crippen molar-refractivity contribution in [2.75, 3.05) is 20.1 Å². The number of hydrogen-bond acceptors (Lipinski definition) is 2. The molecule has 1 aliphatic rings. The van der Waals surface area contributed by atoms with Gasteiger partial charge in [-0.05, 0) is 32.6 Å². The van der Waals surface area contributed by atoms with Crippen molar-refractivity contribution in [3.8, 4) is 0 Å². The van der Waals surface area contributed by atoms with E-state index in [1.54, 1.807) is 0 Å². The van der Waals surface area contributed by atoms with Gasteiger partial charge in [0.2, 0.25) is 5.91 Å². The standard InChI is InChI=1S/C10H20N2O/c1-10(2,7-11)9(13)12(3)6-8-4-5-8/h8H,4-7,11H2,1-3H3. The molecule has 1 saturated carbocycles. The van der Waals surface area contributed by atoms with Crippen molar-refractivity contribution >= 4 is 5.91 Å². The molecule has 0 atom stereocenters. The molecule has 0 radical (unpaired) electrons. The van der Waals surface area contributed by atoms with Crippen LogP contribution in [0.2, 0.25) is 0 Å². The van der Waals surface area contributed by atoms with Crippen molar-refractivity contribution in [3.05, 3.63) is 0 Å². The van der Waals surface area contributed by atoms with Gasteiger partial charge < -0.3 is 10.6 Å². The van der Waals surface area contributed by atoms with E-state index in [0.717, 1.165) is 12.5 Å². The maximum atomic E-state index is 11.8. The van der Waals surface area contributed by atoms with Crippen LogP contribution in [0, 0.1) is 11.3 Å². The van der Waals surface area contributed by atoms with E-state index in [1.807, 2.05) is 25.8 Å². The van der Waals surface area contributed by atoms with Crippen LogP contribution in [-0.2, 0) is 4.79 Å². The third-order valence-electron chi connectivity index (χ3n) is 2.66. The minimum Gasteiger partial charge on any atom is -0.345 e. The lowest BCUT2D eigenvalue weighted by Gasteiger charge is -2.28. The van der Waals surface area contributed by atoms with Crippen LogP contribution in [0.5, 0.6) is 0 Å². The van der Waals surface area contributed by atoms with E-state index >= 15 is 0 Å². The van der Waals surface area contributed by atoms with Gasteiger partial charge in [0, 0.05) is 20.1 Å². The summed E-state index contributed by atoms with van der Waals surface area (Å²) in [6.45, 7) is 5.13. The molecule has 0 aromatic rings. The summed E-state index contributed by atoms with van der Waals surface area (Å²) in [5.41, 5.74) is 5.14. The van der Waals surface area contributed by atoms with Crippen molar-refractivity contribution < 1.29 is 4.79 Å². The van der Waals surface area contributed by atoms with Gasteiger partial charge in [-0.2, -0.15) is 0 Å². The molecular weight excluding hydrogens is 164 g/mol. The molecule has 0 aromatic carbocycles. The summed E-state index contributed by atoms with van der Waals surface area (Å²) < 4.78 is 0. The summed E-state index contributed by atoms with van der Waals surface area (Å²) >= 11 is 0. The first-order valence-corrected chi connectivity index (χ1v) is 4.93. The fourth-order valence-electron chi connectivity index (χ4n) is 1.37. The molecule has 3 nitrogen and oxygen atoms in total. The van der Waals surface area contributed by atoms with E-state index in [4.69, 9.17) is 5.73 Å². The number of carbonyl (C=O) groups excluding carboxylic acids is 1. The lowest BCUT2D eigenvalue weighted by atomic mass is 9.92. The van der Waals surface area contributed by atoms with Gasteiger partial charge in [0.25, 0.3) is 0 Å². The Morgan fingerprint density at radius 3 is 2.46 bits per heavy atom. The molecular formula is C10H20N2O.